The summed E-state index contributed by atoms with van der Waals surface area (Å²) in [4.78, 5) is 32.1. The normalized spacial score (nSPS) is 18.4. The van der Waals surface area contributed by atoms with Gasteiger partial charge in [-0.25, -0.2) is 0 Å². The van der Waals surface area contributed by atoms with Crippen molar-refractivity contribution in [3.63, 3.8) is 0 Å². The zero-order valence-corrected chi connectivity index (χ0v) is 16.0. The molecule has 0 spiro atoms. The molecule has 1 aromatic carbocycles. The standard InChI is InChI=1S/C21H27N3O3/c1-3-18-15-23(14-17-11-19(25)20(27-2)12-22-17)10-9-21(26)24(18)13-16-7-5-4-6-8-16/h4-8,11-12,18H,3,9-10,13-15H2,1-2H3,(H,22,25)/t18-/m0/s1. The summed E-state index contributed by atoms with van der Waals surface area (Å²) in [5, 5.41) is 0. The van der Waals surface area contributed by atoms with E-state index in [1.807, 2.05) is 23.1 Å². The second-order valence-electron chi connectivity index (χ2n) is 6.95. The van der Waals surface area contributed by atoms with Gasteiger partial charge < -0.3 is 14.6 Å². The minimum Gasteiger partial charge on any atom is -0.491 e. The Morgan fingerprint density at radius 1 is 1.19 bits per heavy atom. The Bertz CT molecular complexity index is 819. The summed E-state index contributed by atoms with van der Waals surface area (Å²) < 4.78 is 5.02. The number of hydrogen-bond acceptors (Lipinski definition) is 4. The average molecular weight is 369 g/mol. The van der Waals surface area contributed by atoms with Gasteiger partial charge in [0.1, 0.15) is 0 Å². The lowest BCUT2D eigenvalue weighted by atomic mass is 10.1. The number of methoxy groups -OCH3 is 1. The Hall–Kier alpha value is -2.60. The first-order valence-corrected chi connectivity index (χ1v) is 9.42. The molecule has 27 heavy (non-hydrogen) atoms. The molecule has 2 aromatic rings. The van der Waals surface area contributed by atoms with Gasteiger partial charge in [-0.2, -0.15) is 0 Å². The molecule has 0 unspecified atom stereocenters. The maximum Gasteiger partial charge on any atom is 0.224 e. The molecule has 1 fully saturated rings. The quantitative estimate of drug-likeness (QED) is 0.849. The third-order valence-corrected chi connectivity index (χ3v) is 5.09. The first kappa shape index (κ1) is 19.2. The lowest BCUT2D eigenvalue weighted by Gasteiger charge is -2.31. The van der Waals surface area contributed by atoms with Gasteiger partial charge in [0.05, 0.1) is 7.11 Å². The fourth-order valence-corrected chi connectivity index (χ4v) is 3.57. The van der Waals surface area contributed by atoms with Gasteiger partial charge in [0, 0.05) is 56.6 Å². The third-order valence-electron chi connectivity index (χ3n) is 5.09. The number of aromatic amines is 1. The topological polar surface area (TPSA) is 65.6 Å². The van der Waals surface area contributed by atoms with Crippen LogP contribution in [0.1, 0.15) is 31.0 Å². The number of ether oxygens (including phenoxy) is 1. The van der Waals surface area contributed by atoms with E-state index in [-0.39, 0.29) is 17.4 Å². The van der Waals surface area contributed by atoms with Crippen molar-refractivity contribution in [1.82, 2.24) is 14.8 Å². The number of H-pyrrole nitrogens is 1. The highest BCUT2D eigenvalue weighted by atomic mass is 16.5. The molecule has 6 heteroatoms. The number of rotatable bonds is 6. The Morgan fingerprint density at radius 2 is 1.96 bits per heavy atom. The van der Waals surface area contributed by atoms with Crippen LogP contribution < -0.4 is 10.2 Å². The van der Waals surface area contributed by atoms with Crippen LogP contribution in [-0.2, 0) is 17.9 Å². The van der Waals surface area contributed by atoms with Crippen molar-refractivity contribution in [2.24, 2.45) is 0 Å². The zero-order chi connectivity index (χ0) is 19.2. The van der Waals surface area contributed by atoms with Crippen molar-refractivity contribution >= 4 is 5.91 Å². The van der Waals surface area contributed by atoms with Gasteiger partial charge in [-0.1, -0.05) is 37.3 Å². The van der Waals surface area contributed by atoms with E-state index in [2.05, 4.69) is 28.9 Å². The molecule has 0 saturated carbocycles. The monoisotopic (exact) mass is 369 g/mol. The largest absolute Gasteiger partial charge is 0.491 e. The molecule has 0 aliphatic carbocycles. The number of nitrogens with zero attached hydrogens (tertiary/aromatic N) is 2. The summed E-state index contributed by atoms with van der Waals surface area (Å²) in [6.45, 7) is 4.86. The first-order valence-electron chi connectivity index (χ1n) is 9.42. The van der Waals surface area contributed by atoms with Crippen LogP contribution in [0.5, 0.6) is 5.75 Å². The van der Waals surface area contributed by atoms with E-state index in [1.165, 1.54) is 7.11 Å². The molecule has 1 aromatic heterocycles. The molecule has 0 radical (unpaired) electrons. The molecule has 2 heterocycles. The fraction of sp³-hybridized carbons (Fsp3) is 0.429. The molecule has 0 bridgehead atoms. The number of benzene rings is 1. The van der Waals surface area contributed by atoms with Crippen molar-refractivity contribution in [3.8, 4) is 5.75 Å². The SMILES string of the molecule is CC[C@H]1CN(Cc2cc(=O)c(OC)c[nH]2)CCC(=O)N1Cc1ccccc1. The van der Waals surface area contributed by atoms with Crippen molar-refractivity contribution in [1.29, 1.82) is 0 Å². The van der Waals surface area contributed by atoms with Crippen LogP contribution in [0.4, 0.5) is 0 Å². The number of pyridine rings is 1. The Labute approximate surface area is 159 Å². The van der Waals surface area contributed by atoms with E-state index >= 15 is 0 Å². The molecule has 1 aliphatic heterocycles. The van der Waals surface area contributed by atoms with Crippen molar-refractivity contribution in [2.45, 2.75) is 38.9 Å². The number of amides is 1. The number of aromatic nitrogens is 1. The third kappa shape index (κ3) is 4.77. The minimum atomic E-state index is -0.130. The van der Waals surface area contributed by atoms with Crippen molar-refractivity contribution < 1.29 is 9.53 Å². The van der Waals surface area contributed by atoms with E-state index in [4.69, 9.17) is 4.74 Å². The highest BCUT2D eigenvalue weighted by Crippen LogP contribution is 2.19. The second-order valence-corrected chi connectivity index (χ2v) is 6.95. The lowest BCUT2D eigenvalue weighted by molar-refractivity contribution is -0.133. The number of carbonyl (C=O) groups excluding carboxylic acids is 1. The van der Waals surface area contributed by atoms with Gasteiger partial charge in [-0.05, 0) is 12.0 Å². The van der Waals surface area contributed by atoms with Crippen LogP contribution in [0.25, 0.3) is 0 Å². The zero-order valence-electron chi connectivity index (χ0n) is 16.0. The molecular formula is C21H27N3O3. The number of nitrogens with one attached hydrogen (secondary N) is 1. The Kier molecular flexibility index (Phi) is 6.29. The smallest absolute Gasteiger partial charge is 0.224 e. The predicted molar refractivity (Wildman–Crippen MR) is 105 cm³/mol. The average Bonchev–Trinajstić information content (AvgIpc) is 2.82. The lowest BCUT2D eigenvalue weighted by Crippen LogP contribution is -2.42. The van der Waals surface area contributed by atoms with Crippen LogP contribution in [0.3, 0.4) is 0 Å². The van der Waals surface area contributed by atoms with Crippen molar-refractivity contribution in [2.75, 3.05) is 20.2 Å². The van der Waals surface area contributed by atoms with Gasteiger partial charge in [-0.3, -0.25) is 14.5 Å². The molecule has 1 atom stereocenters. The van der Waals surface area contributed by atoms with Crippen molar-refractivity contribution in [3.05, 3.63) is 64.1 Å². The van der Waals surface area contributed by atoms with Crippen LogP contribution in [0, 0.1) is 0 Å². The predicted octanol–water partition coefficient (Wildman–Crippen LogP) is 2.40. The molecule has 1 amide bonds. The number of carbonyl (C=O) groups is 1. The molecule has 3 rings (SSSR count). The van der Waals surface area contributed by atoms with E-state index in [1.54, 1.807) is 12.3 Å². The van der Waals surface area contributed by atoms with Crippen LogP contribution in [-0.4, -0.2) is 46.9 Å². The second kappa shape index (κ2) is 8.86. The highest BCUT2D eigenvalue weighted by molar-refractivity contribution is 5.77. The molecule has 1 N–H and O–H groups in total. The van der Waals surface area contributed by atoms with Crippen LogP contribution in [0.15, 0.2) is 47.4 Å². The summed E-state index contributed by atoms with van der Waals surface area (Å²) in [7, 11) is 1.48. The van der Waals surface area contributed by atoms with Crippen LogP contribution in [0.2, 0.25) is 0 Å². The summed E-state index contributed by atoms with van der Waals surface area (Å²) >= 11 is 0. The molecule has 1 aliphatic rings. The molecular weight excluding hydrogens is 342 g/mol. The fourth-order valence-electron chi connectivity index (χ4n) is 3.57. The first-order chi connectivity index (χ1) is 13.1. The molecule has 6 nitrogen and oxygen atoms in total. The van der Waals surface area contributed by atoms with Gasteiger partial charge in [0.2, 0.25) is 11.3 Å². The molecule has 1 saturated heterocycles. The van der Waals surface area contributed by atoms with Gasteiger partial charge in [0.25, 0.3) is 0 Å². The number of hydrogen-bond donors (Lipinski definition) is 1. The Morgan fingerprint density at radius 3 is 2.63 bits per heavy atom. The van der Waals surface area contributed by atoms with E-state index in [0.717, 1.165) is 24.2 Å². The Balaban J connectivity index is 1.72. The maximum atomic E-state index is 12.7. The summed E-state index contributed by atoms with van der Waals surface area (Å²) in [5.41, 5.74) is 1.85. The minimum absolute atomic E-state index is 0.130. The highest BCUT2D eigenvalue weighted by Gasteiger charge is 2.28. The van der Waals surface area contributed by atoms with Gasteiger partial charge >= 0.3 is 0 Å². The van der Waals surface area contributed by atoms with Gasteiger partial charge in [-0.15, -0.1) is 0 Å². The van der Waals surface area contributed by atoms with Crippen LogP contribution >= 0.6 is 0 Å². The molecule has 144 valence electrons. The summed E-state index contributed by atoms with van der Waals surface area (Å²) in [6, 6.07) is 11.9. The van der Waals surface area contributed by atoms with Gasteiger partial charge in [0.15, 0.2) is 5.75 Å². The van der Waals surface area contributed by atoms with E-state index < -0.39 is 0 Å². The van der Waals surface area contributed by atoms with E-state index in [0.29, 0.717) is 31.8 Å². The summed E-state index contributed by atoms with van der Waals surface area (Å²) in [5.74, 6) is 0.502. The summed E-state index contributed by atoms with van der Waals surface area (Å²) in [6.07, 6.45) is 2.98. The van der Waals surface area contributed by atoms with E-state index in [9.17, 15) is 9.59 Å². The maximum absolute atomic E-state index is 12.7.